The molecule has 24 heavy (non-hydrogen) atoms. The Kier molecular flexibility index (Phi) is 6.32. The number of methoxy groups -OCH3 is 1. The first-order valence-electron chi connectivity index (χ1n) is 7.67. The van der Waals surface area contributed by atoms with Gasteiger partial charge in [0.15, 0.2) is 11.5 Å². The van der Waals surface area contributed by atoms with Crippen LogP contribution in [0.3, 0.4) is 0 Å². The van der Waals surface area contributed by atoms with Crippen molar-refractivity contribution in [3.8, 4) is 11.5 Å². The number of anilines is 2. The molecule has 2 rings (SSSR count). The number of halogens is 1. The monoisotopic (exact) mass is 348 g/mol. The standard InChI is InChI=1S/C18H21ClN2O3/c1-4-24-16-10-9-15(11-17(16)23-3)20-12(2)18(22)21-14-7-5-13(19)6-8-14/h5-12,20H,4H2,1-3H3,(H,21,22)/t12-/m0/s1. The van der Waals surface area contributed by atoms with Crippen LogP contribution >= 0.6 is 11.6 Å². The maximum absolute atomic E-state index is 12.3. The van der Waals surface area contributed by atoms with Gasteiger partial charge in [-0.2, -0.15) is 0 Å². The van der Waals surface area contributed by atoms with Crippen LogP contribution < -0.4 is 20.1 Å². The predicted molar refractivity (Wildman–Crippen MR) is 97.3 cm³/mol. The SMILES string of the molecule is CCOc1ccc(N[C@@H](C)C(=O)Nc2ccc(Cl)cc2)cc1OC. The van der Waals surface area contributed by atoms with Crippen LogP contribution in [0, 0.1) is 0 Å². The maximum Gasteiger partial charge on any atom is 0.246 e. The molecule has 0 aliphatic rings. The fourth-order valence-corrected chi connectivity index (χ4v) is 2.26. The van der Waals surface area contributed by atoms with E-state index in [1.807, 2.05) is 19.1 Å². The van der Waals surface area contributed by atoms with Gasteiger partial charge in [-0.25, -0.2) is 0 Å². The summed E-state index contributed by atoms with van der Waals surface area (Å²) in [6.07, 6.45) is 0. The molecule has 1 atom stereocenters. The number of ether oxygens (including phenoxy) is 2. The lowest BCUT2D eigenvalue weighted by atomic mass is 10.2. The Morgan fingerprint density at radius 3 is 2.42 bits per heavy atom. The molecule has 0 unspecified atom stereocenters. The molecule has 0 saturated carbocycles. The van der Waals surface area contributed by atoms with Gasteiger partial charge in [-0.05, 0) is 50.2 Å². The van der Waals surface area contributed by atoms with Gasteiger partial charge in [0.05, 0.1) is 13.7 Å². The number of nitrogens with one attached hydrogen (secondary N) is 2. The normalized spacial score (nSPS) is 11.5. The van der Waals surface area contributed by atoms with Crippen molar-refractivity contribution >= 4 is 28.9 Å². The number of amides is 1. The molecule has 0 fully saturated rings. The summed E-state index contributed by atoms with van der Waals surface area (Å²) in [4.78, 5) is 12.3. The van der Waals surface area contributed by atoms with E-state index >= 15 is 0 Å². The highest BCUT2D eigenvalue weighted by Gasteiger charge is 2.14. The Labute approximate surface area is 146 Å². The van der Waals surface area contributed by atoms with Crippen molar-refractivity contribution in [2.45, 2.75) is 19.9 Å². The Bertz CT molecular complexity index is 689. The average Bonchev–Trinajstić information content (AvgIpc) is 2.58. The zero-order valence-electron chi connectivity index (χ0n) is 13.9. The van der Waals surface area contributed by atoms with Crippen molar-refractivity contribution < 1.29 is 14.3 Å². The van der Waals surface area contributed by atoms with E-state index in [1.54, 1.807) is 44.4 Å². The topological polar surface area (TPSA) is 59.6 Å². The number of hydrogen-bond acceptors (Lipinski definition) is 4. The number of rotatable bonds is 7. The van der Waals surface area contributed by atoms with Gasteiger partial charge in [-0.3, -0.25) is 4.79 Å². The van der Waals surface area contributed by atoms with Gasteiger partial charge in [0.25, 0.3) is 0 Å². The molecular weight excluding hydrogens is 328 g/mol. The van der Waals surface area contributed by atoms with Gasteiger partial charge in [0.1, 0.15) is 6.04 Å². The van der Waals surface area contributed by atoms with Crippen LogP contribution in [0.1, 0.15) is 13.8 Å². The molecule has 2 aromatic rings. The lowest BCUT2D eigenvalue weighted by Gasteiger charge is -2.17. The zero-order chi connectivity index (χ0) is 17.5. The molecule has 2 N–H and O–H groups in total. The van der Waals surface area contributed by atoms with Crippen molar-refractivity contribution in [1.29, 1.82) is 0 Å². The second-order valence-corrected chi connectivity index (χ2v) is 5.60. The zero-order valence-corrected chi connectivity index (χ0v) is 14.7. The van der Waals surface area contributed by atoms with Crippen molar-refractivity contribution in [2.24, 2.45) is 0 Å². The molecule has 6 heteroatoms. The van der Waals surface area contributed by atoms with E-state index in [9.17, 15) is 4.79 Å². The summed E-state index contributed by atoms with van der Waals surface area (Å²) in [5, 5.41) is 6.60. The molecule has 0 spiro atoms. The number of carbonyl (C=O) groups is 1. The summed E-state index contributed by atoms with van der Waals surface area (Å²) in [5.41, 5.74) is 1.47. The summed E-state index contributed by atoms with van der Waals surface area (Å²) in [7, 11) is 1.58. The summed E-state index contributed by atoms with van der Waals surface area (Å²) in [6.45, 7) is 4.26. The minimum absolute atomic E-state index is 0.148. The molecule has 0 aromatic heterocycles. The number of hydrogen-bond donors (Lipinski definition) is 2. The van der Waals surface area contributed by atoms with Crippen LogP contribution in [0.5, 0.6) is 11.5 Å². The largest absolute Gasteiger partial charge is 0.493 e. The fourth-order valence-electron chi connectivity index (χ4n) is 2.13. The highest BCUT2D eigenvalue weighted by Crippen LogP contribution is 2.30. The smallest absolute Gasteiger partial charge is 0.246 e. The molecule has 1 amide bonds. The minimum atomic E-state index is -0.427. The summed E-state index contributed by atoms with van der Waals surface area (Å²) in [5.74, 6) is 1.14. The van der Waals surface area contributed by atoms with E-state index in [1.165, 1.54) is 0 Å². The first kappa shape index (κ1) is 17.9. The van der Waals surface area contributed by atoms with E-state index in [-0.39, 0.29) is 5.91 Å². The van der Waals surface area contributed by atoms with E-state index in [4.69, 9.17) is 21.1 Å². The van der Waals surface area contributed by atoms with Gasteiger partial charge >= 0.3 is 0 Å². The van der Waals surface area contributed by atoms with Crippen molar-refractivity contribution in [3.63, 3.8) is 0 Å². The summed E-state index contributed by atoms with van der Waals surface area (Å²) < 4.78 is 10.8. The van der Waals surface area contributed by atoms with E-state index < -0.39 is 6.04 Å². The van der Waals surface area contributed by atoms with Crippen LogP contribution in [0.2, 0.25) is 5.02 Å². The highest BCUT2D eigenvalue weighted by molar-refractivity contribution is 6.30. The Balaban J connectivity index is 2.01. The summed E-state index contributed by atoms with van der Waals surface area (Å²) in [6, 6.07) is 12.0. The van der Waals surface area contributed by atoms with Crippen LogP contribution in [0.15, 0.2) is 42.5 Å². The fraction of sp³-hybridized carbons (Fsp3) is 0.278. The second kappa shape index (κ2) is 8.45. The molecule has 0 aliphatic heterocycles. The average molecular weight is 349 g/mol. The molecule has 0 bridgehead atoms. The molecule has 0 aliphatic carbocycles. The van der Waals surface area contributed by atoms with Crippen molar-refractivity contribution in [2.75, 3.05) is 24.4 Å². The molecule has 0 saturated heterocycles. The highest BCUT2D eigenvalue weighted by atomic mass is 35.5. The lowest BCUT2D eigenvalue weighted by molar-refractivity contribution is -0.116. The number of carbonyl (C=O) groups excluding carboxylic acids is 1. The quantitative estimate of drug-likeness (QED) is 0.787. The van der Waals surface area contributed by atoms with Gasteiger partial charge < -0.3 is 20.1 Å². The molecule has 5 nitrogen and oxygen atoms in total. The molecule has 0 heterocycles. The molecule has 128 valence electrons. The second-order valence-electron chi connectivity index (χ2n) is 5.16. The number of benzene rings is 2. The third kappa shape index (κ3) is 4.80. The van der Waals surface area contributed by atoms with E-state index in [2.05, 4.69) is 10.6 Å². The third-order valence-corrected chi connectivity index (χ3v) is 3.60. The Morgan fingerprint density at radius 2 is 1.79 bits per heavy atom. The van der Waals surface area contributed by atoms with Crippen LogP contribution in [-0.4, -0.2) is 25.7 Å². The van der Waals surface area contributed by atoms with Crippen LogP contribution in [0.25, 0.3) is 0 Å². The minimum Gasteiger partial charge on any atom is -0.493 e. The Morgan fingerprint density at radius 1 is 1.12 bits per heavy atom. The van der Waals surface area contributed by atoms with Gasteiger partial charge in [-0.15, -0.1) is 0 Å². The van der Waals surface area contributed by atoms with Gasteiger partial charge in [0.2, 0.25) is 5.91 Å². The van der Waals surface area contributed by atoms with Crippen LogP contribution in [-0.2, 0) is 4.79 Å². The first-order valence-corrected chi connectivity index (χ1v) is 8.05. The van der Waals surface area contributed by atoms with E-state index in [0.717, 1.165) is 5.69 Å². The van der Waals surface area contributed by atoms with Crippen LogP contribution in [0.4, 0.5) is 11.4 Å². The lowest BCUT2D eigenvalue weighted by Crippen LogP contribution is -2.31. The molecule has 0 radical (unpaired) electrons. The summed E-state index contributed by atoms with van der Waals surface area (Å²) >= 11 is 5.83. The van der Waals surface area contributed by atoms with Crippen molar-refractivity contribution in [1.82, 2.24) is 0 Å². The van der Waals surface area contributed by atoms with Gasteiger partial charge in [-0.1, -0.05) is 11.6 Å². The molecular formula is C18H21ClN2O3. The third-order valence-electron chi connectivity index (χ3n) is 3.35. The van der Waals surface area contributed by atoms with Gasteiger partial charge in [0, 0.05) is 22.5 Å². The molecule has 2 aromatic carbocycles. The first-order chi connectivity index (χ1) is 11.5. The van der Waals surface area contributed by atoms with Crippen molar-refractivity contribution in [3.05, 3.63) is 47.5 Å². The maximum atomic E-state index is 12.3. The predicted octanol–water partition coefficient (Wildman–Crippen LogP) is 4.19. The van der Waals surface area contributed by atoms with E-state index in [0.29, 0.717) is 28.8 Å². The Hall–Kier alpha value is -2.40.